The number of aromatic nitrogens is 5. The fourth-order valence-electron chi connectivity index (χ4n) is 5.23. The summed E-state index contributed by atoms with van der Waals surface area (Å²) in [5.41, 5.74) is 0.683. The number of rotatable bonds is 7. The Morgan fingerprint density at radius 3 is 2.09 bits per heavy atom. The maximum absolute atomic E-state index is 13.4. The molecule has 0 aliphatic carbocycles. The van der Waals surface area contributed by atoms with Gasteiger partial charge in [-0.25, -0.2) is 26.5 Å². The molecule has 0 unspecified atom stereocenters. The molecule has 2 fully saturated rings. The molecule has 228 valence electrons. The van der Waals surface area contributed by atoms with Crippen molar-refractivity contribution in [2.24, 2.45) is 0 Å². The lowest BCUT2D eigenvalue weighted by Gasteiger charge is -2.30. The van der Waals surface area contributed by atoms with Crippen LogP contribution in [0.2, 0.25) is 10.0 Å². The van der Waals surface area contributed by atoms with Crippen LogP contribution in [-0.2, 0) is 31.3 Å². The lowest BCUT2D eigenvalue weighted by molar-refractivity contribution is 0.0730. The van der Waals surface area contributed by atoms with E-state index in [1.54, 1.807) is 18.2 Å². The molecule has 43 heavy (non-hydrogen) atoms. The van der Waals surface area contributed by atoms with Crippen molar-refractivity contribution in [3.8, 4) is 0 Å². The summed E-state index contributed by atoms with van der Waals surface area (Å²) >= 11 is 12.3. The lowest BCUT2D eigenvalue weighted by atomic mass is 9.97. The van der Waals surface area contributed by atoms with E-state index in [1.165, 1.54) is 37.6 Å². The van der Waals surface area contributed by atoms with Gasteiger partial charge in [-0.2, -0.15) is 8.61 Å². The van der Waals surface area contributed by atoms with E-state index in [-0.39, 0.29) is 53.9 Å². The molecule has 2 saturated heterocycles. The van der Waals surface area contributed by atoms with Crippen LogP contribution in [0, 0.1) is 0 Å². The van der Waals surface area contributed by atoms with E-state index in [0.29, 0.717) is 47.6 Å². The van der Waals surface area contributed by atoms with Gasteiger partial charge in [-0.3, -0.25) is 4.79 Å². The number of piperidine rings is 1. The highest BCUT2D eigenvalue weighted by molar-refractivity contribution is 7.89. The number of benzene rings is 2. The Morgan fingerprint density at radius 2 is 1.49 bits per heavy atom. The van der Waals surface area contributed by atoms with Crippen molar-refractivity contribution in [1.82, 2.24) is 33.6 Å². The second kappa shape index (κ2) is 11.9. The fraction of sp³-hybridized carbons (Fsp3) is 0.385. The molecule has 2 aromatic carbocycles. The van der Waals surface area contributed by atoms with Crippen molar-refractivity contribution in [1.29, 1.82) is 0 Å². The Labute approximate surface area is 257 Å². The number of morpholine rings is 1. The minimum Gasteiger partial charge on any atom is -0.379 e. The van der Waals surface area contributed by atoms with Gasteiger partial charge in [-0.1, -0.05) is 34.5 Å². The van der Waals surface area contributed by atoms with E-state index in [0.717, 1.165) is 5.56 Å². The second-order valence-electron chi connectivity index (χ2n) is 10.3. The number of nitrogens with zero attached hydrogens (tertiary/aromatic N) is 6. The molecule has 0 saturated carbocycles. The summed E-state index contributed by atoms with van der Waals surface area (Å²) in [5.74, 6) is 0.227. The zero-order valence-corrected chi connectivity index (χ0v) is 25.8. The highest BCUT2D eigenvalue weighted by atomic mass is 35.5. The van der Waals surface area contributed by atoms with Crippen LogP contribution < -0.4 is 5.56 Å². The summed E-state index contributed by atoms with van der Waals surface area (Å²) < 4.78 is 62.0. The summed E-state index contributed by atoms with van der Waals surface area (Å²) in [7, 11) is -7.61. The van der Waals surface area contributed by atoms with Gasteiger partial charge < -0.3 is 9.72 Å². The molecule has 4 heterocycles. The van der Waals surface area contributed by atoms with Crippen LogP contribution in [0.15, 0.2) is 57.1 Å². The molecule has 2 aromatic heterocycles. The second-order valence-corrected chi connectivity index (χ2v) is 15.0. The number of hydrogen-bond donors (Lipinski definition) is 1. The Morgan fingerprint density at radius 1 is 0.884 bits per heavy atom. The number of sulfonamides is 2. The highest BCUT2D eigenvalue weighted by Gasteiger charge is 2.32. The van der Waals surface area contributed by atoms with Crippen molar-refractivity contribution in [2.45, 2.75) is 35.1 Å². The standard InChI is InChI=1S/C26H27Cl2N7O6S2/c27-19-2-1-18(22(28)15-19)16-35-25-23(31-32-35)26(36)30-24(29-25)17-7-9-33(10-8-17)42(37,38)20-3-5-21(6-4-20)43(39,40)34-11-13-41-14-12-34/h1-6,15,17H,7-14,16H2,(H,29,30,36). The molecule has 0 bridgehead atoms. The third-order valence-electron chi connectivity index (χ3n) is 7.64. The largest absolute Gasteiger partial charge is 0.379 e. The van der Waals surface area contributed by atoms with E-state index < -0.39 is 25.6 Å². The SMILES string of the molecule is O=c1[nH]c(C2CCN(S(=O)(=O)c3ccc(S(=O)(=O)N4CCOCC4)cc3)CC2)nc2c1nnn2Cc1ccc(Cl)cc1Cl. The van der Waals surface area contributed by atoms with Gasteiger partial charge in [0, 0.05) is 42.1 Å². The predicted molar refractivity (Wildman–Crippen MR) is 158 cm³/mol. The van der Waals surface area contributed by atoms with E-state index in [1.807, 2.05) is 0 Å². The van der Waals surface area contributed by atoms with Crippen LogP contribution in [0.3, 0.4) is 0 Å². The molecule has 0 amide bonds. The number of hydrogen-bond acceptors (Lipinski definition) is 9. The number of halogens is 2. The molecule has 2 aliphatic rings. The molecule has 2 aliphatic heterocycles. The van der Waals surface area contributed by atoms with Gasteiger partial charge in [0.1, 0.15) is 5.82 Å². The molecular formula is C26H27Cl2N7O6S2. The van der Waals surface area contributed by atoms with Crippen LogP contribution >= 0.6 is 23.2 Å². The quantitative estimate of drug-likeness (QED) is 0.312. The fourth-order valence-corrected chi connectivity index (χ4v) is 8.58. The number of ether oxygens (including phenoxy) is 1. The summed E-state index contributed by atoms with van der Waals surface area (Å²) in [6, 6.07) is 10.4. The molecule has 0 spiro atoms. The van der Waals surface area contributed by atoms with Crippen molar-refractivity contribution in [2.75, 3.05) is 39.4 Å². The Hall–Kier alpha value is -2.92. The first kappa shape index (κ1) is 30.1. The van der Waals surface area contributed by atoms with Gasteiger partial charge in [0.05, 0.1) is 29.5 Å². The average Bonchev–Trinajstić information content (AvgIpc) is 3.42. The summed E-state index contributed by atoms with van der Waals surface area (Å²) in [4.78, 5) is 20.3. The van der Waals surface area contributed by atoms with Crippen LogP contribution in [0.25, 0.3) is 11.2 Å². The zero-order valence-electron chi connectivity index (χ0n) is 22.7. The molecule has 1 N–H and O–H groups in total. The highest BCUT2D eigenvalue weighted by Crippen LogP contribution is 2.30. The van der Waals surface area contributed by atoms with E-state index in [4.69, 9.17) is 27.9 Å². The molecule has 4 aromatic rings. The minimum atomic E-state index is -3.87. The van der Waals surface area contributed by atoms with Crippen molar-refractivity contribution in [3.05, 3.63) is 74.3 Å². The Kier molecular flexibility index (Phi) is 8.32. The van der Waals surface area contributed by atoms with Gasteiger partial charge in [0.15, 0.2) is 11.2 Å². The molecule has 13 nitrogen and oxygen atoms in total. The molecule has 0 radical (unpaired) electrons. The first-order chi connectivity index (χ1) is 20.5. The number of fused-ring (bicyclic) bond motifs is 1. The molecule has 6 rings (SSSR count). The normalized spacial score (nSPS) is 17.9. The maximum atomic E-state index is 13.4. The summed E-state index contributed by atoms with van der Waals surface area (Å²) in [6.45, 7) is 1.75. The molecule has 17 heteroatoms. The van der Waals surface area contributed by atoms with Gasteiger partial charge in [-0.15, -0.1) is 5.10 Å². The van der Waals surface area contributed by atoms with E-state index in [9.17, 15) is 21.6 Å². The van der Waals surface area contributed by atoms with Crippen LogP contribution in [0.5, 0.6) is 0 Å². The Balaban J connectivity index is 1.16. The molecule has 0 atom stereocenters. The minimum absolute atomic E-state index is 0.00988. The first-order valence-corrected chi connectivity index (χ1v) is 17.1. The third kappa shape index (κ3) is 5.94. The average molecular weight is 669 g/mol. The predicted octanol–water partition coefficient (Wildman–Crippen LogP) is 2.46. The van der Waals surface area contributed by atoms with Crippen LogP contribution in [0.1, 0.15) is 30.1 Å². The van der Waals surface area contributed by atoms with Crippen molar-refractivity contribution < 1.29 is 21.6 Å². The first-order valence-electron chi connectivity index (χ1n) is 13.5. The zero-order chi connectivity index (χ0) is 30.4. The van der Waals surface area contributed by atoms with Gasteiger partial charge >= 0.3 is 0 Å². The maximum Gasteiger partial charge on any atom is 0.281 e. The van der Waals surface area contributed by atoms with E-state index >= 15 is 0 Å². The lowest BCUT2D eigenvalue weighted by Crippen LogP contribution is -2.40. The van der Waals surface area contributed by atoms with Gasteiger partial charge in [0.2, 0.25) is 20.0 Å². The van der Waals surface area contributed by atoms with Crippen LogP contribution in [-0.4, -0.2) is 89.8 Å². The van der Waals surface area contributed by atoms with E-state index in [2.05, 4.69) is 20.3 Å². The summed E-state index contributed by atoms with van der Waals surface area (Å²) in [6.07, 6.45) is 0.837. The van der Waals surface area contributed by atoms with Crippen LogP contribution in [0.4, 0.5) is 0 Å². The van der Waals surface area contributed by atoms with Gasteiger partial charge in [0.25, 0.3) is 5.56 Å². The monoisotopic (exact) mass is 667 g/mol. The topological polar surface area (TPSA) is 160 Å². The third-order valence-corrected chi connectivity index (χ3v) is 12.0. The number of aromatic amines is 1. The summed E-state index contributed by atoms with van der Waals surface area (Å²) in [5, 5.41) is 9.01. The van der Waals surface area contributed by atoms with Crippen molar-refractivity contribution >= 4 is 54.4 Å². The molecular weight excluding hydrogens is 641 g/mol. The van der Waals surface area contributed by atoms with Gasteiger partial charge in [-0.05, 0) is 54.8 Å². The smallest absolute Gasteiger partial charge is 0.281 e. The number of H-pyrrole nitrogens is 1. The number of nitrogens with one attached hydrogen (secondary N) is 1. The Bertz CT molecular complexity index is 1930. The van der Waals surface area contributed by atoms with Crippen molar-refractivity contribution in [3.63, 3.8) is 0 Å².